The van der Waals surface area contributed by atoms with Crippen molar-refractivity contribution in [1.82, 2.24) is 10.3 Å². The summed E-state index contributed by atoms with van der Waals surface area (Å²) in [4.78, 5) is 4.42. The largest absolute Gasteiger partial charge is 0.312 e. The number of fused-ring (bicyclic) bond motifs is 2. The normalized spacial score (nSPS) is 15.1. The van der Waals surface area contributed by atoms with E-state index in [1.165, 1.54) is 16.5 Å². The van der Waals surface area contributed by atoms with E-state index >= 15 is 0 Å². The van der Waals surface area contributed by atoms with Crippen molar-refractivity contribution in [2.24, 2.45) is 0 Å². The van der Waals surface area contributed by atoms with Crippen LogP contribution in [0.2, 0.25) is 5.15 Å². The molecule has 2 aromatic rings. The van der Waals surface area contributed by atoms with E-state index in [0.717, 1.165) is 30.6 Å². The van der Waals surface area contributed by atoms with Crippen molar-refractivity contribution in [2.75, 3.05) is 6.54 Å². The Morgan fingerprint density at radius 3 is 3.00 bits per heavy atom. The number of aryl methyl sites for hydroxylation is 1. The smallest absolute Gasteiger partial charge is 0.132 e. The molecule has 2 heterocycles. The summed E-state index contributed by atoms with van der Waals surface area (Å²) < 4.78 is 0. The van der Waals surface area contributed by atoms with Crippen LogP contribution >= 0.6 is 11.6 Å². The van der Waals surface area contributed by atoms with E-state index < -0.39 is 0 Å². The van der Waals surface area contributed by atoms with Crippen molar-refractivity contribution in [3.8, 4) is 0 Å². The van der Waals surface area contributed by atoms with Crippen LogP contribution in [0.1, 0.15) is 16.7 Å². The fourth-order valence-corrected chi connectivity index (χ4v) is 2.38. The predicted octanol–water partition coefficient (Wildman–Crippen LogP) is 2.84. The molecule has 1 aliphatic heterocycles. The molecule has 0 saturated heterocycles. The molecule has 0 unspecified atom stereocenters. The molecule has 0 saturated carbocycles. The highest BCUT2D eigenvalue weighted by Crippen LogP contribution is 2.24. The lowest BCUT2D eigenvalue weighted by molar-refractivity contribution is 0.645. The number of rotatable bonds is 0. The maximum absolute atomic E-state index is 6.04. The van der Waals surface area contributed by atoms with Crippen LogP contribution in [0.5, 0.6) is 0 Å². The van der Waals surface area contributed by atoms with Gasteiger partial charge in [0.05, 0.1) is 5.52 Å². The van der Waals surface area contributed by atoms with Gasteiger partial charge in [0.1, 0.15) is 5.15 Å². The Hall–Kier alpha value is -1.12. The van der Waals surface area contributed by atoms with Crippen LogP contribution in [-0.2, 0) is 13.0 Å². The Balaban J connectivity index is 2.27. The molecule has 0 bridgehead atoms. The van der Waals surface area contributed by atoms with Gasteiger partial charge in [-0.2, -0.15) is 0 Å². The zero-order valence-electron chi connectivity index (χ0n) is 9.18. The monoisotopic (exact) mass is 232 g/mol. The number of halogens is 1. The molecule has 3 rings (SSSR count). The van der Waals surface area contributed by atoms with Gasteiger partial charge in [-0.25, -0.2) is 4.98 Å². The molecule has 1 aromatic heterocycles. The summed E-state index contributed by atoms with van der Waals surface area (Å²) in [5, 5.41) is 5.18. The summed E-state index contributed by atoms with van der Waals surface area (Å²) in [5.41, 5.74) is 4.84. The summed E-state index contributed by atoms with van der Waals surface area (Å²) in [6.07, 6.45) is 1.10. The van der Waals surface area contributed by atoms with E-state index in [9.17, 15) is 0 Å². The number of nitrogens with zero attached hydrogens (tertiary/aromatic N) is 1. The quantitative estimate of drug-likeness (QED) is 0.707. The number of hydrogen-bond donors (Lipinski definition) is 1. The molecule has 1 N–H and O–H groups in total. The Morgan fingerprint density at radius 2 is 2.12 bits per heavy atom. The van der Waals surface area contributed by atoms with Gasteiger partial charge in [-0.05, 0) is 54.8 Å². The predicted molar refractivity (Wildman–Crippen MR) is 66.9 cm³/mol. The highest BCUT2D eigenvalue weighted by Gasteiger charge is 2.11. The van der Waals surface area contributed by atoms with Crippen LogP contribution in [0, 0.1) is 6.92 Å². The highest BCUT2D eigenvalue weighted by atomic mass is 35.5. The second-order valence-corrected chi connectivity index (χ2v) is 4.69. The van der Waals surface area contributed by atoms with E-state index in [4.69, 9.17) is 11.6 Å². The number of aromatic nitrogens is 1. The Morgan fingerprint density at radius 1 is 1.25 bits per heavy atom. The first-order valence-electron chi connectivity index (χ1n) is 5.53. The lowest BCUT2D eigenvalue weighted by atomic mass is 9.98. The topological polar surface area (TPSA) is 24.9 Å². The molecule has 0 spiro atoms. The van der Waals surface area contributed by atoms with Gasteiger partial charge in [0.25, 0.3) is 0 Å². The minimum absolute atomic E-state index is 0.608. The number of benzene rings is 1. The first-order chi connectivity index (χ1) is 7.74. The molecule has 3 heteroatoms. The van der Waals surface area contributed by atoms with Gasteiger partial charge in [0, 0.05) is 11.9 Å². The average Bonchev–Trinajstić information content (AvgIpc) is 2.28. The zero-order valence-corrected chi connectivity index (χ0v) is 9.93. The maximum Gasteiger partial charge on any atom is 0.132 e. The van der Waals surface area contributed by atoms with Crippen LogP contribution in [0.25, 0.3) is 10.9 Å². The maximum atomic E-state index is 6.04. The molecule has 82 valence electrons. The van der Waals surface area contributed by atoms with Crippen LogP contribution < -0.4 is 5.32 Å². The van der Waals surface area contributed by atoms with Gasteiger partial charge < -0.3 is 5.32 Å². The molecule has 0 amide bonds. The molecule has 0 radical (unpaired) electrons. The average molecular weight is 233 g/mol. The molecule has 16 heavy (non-hydrogen) atoms. The zero-order chi connectivity index (χ0) is 11.1. The lowest BCUT2D eigenvalue weighted by Gasteiger charge is -2.17. The minimum Gasteiger partial charge on any atom is -0.312 e. The van der Waals surface area contributed by atoms with E-state index in [1.54, 1.807) is 0 Å². The van der Waals surface area contributed by atoms with Crippen molar-refractivity contribution in [1.29, 1.82) is 0 Å². The molecular weight excluding hydrogens is 220 g/mol. The van der Waals surface area contributed by atoms with Crippen LogP contribution in [0.4, 0.5) is 0 Å². The van der Waals surface area contributed by atoms with Crippen molar-refractivity contribution < 1.29 is 0 Å². The minimum atomic E-state index is 0.608. The van der Waals surface area contributed by atoms with Gasteiger partial charge in [0.2, 0.25) is 0 Å². The van der Waals surface area contributed by atoms with Crippen LogP contribution in [0.15, 0.2) is 18.2 Å². The third-order valence-electron chi connectivity index (χ3n) is 3.15. The van der Waals surface area contributed by atoms with E-state index in [1.807, 2.05) is 6.92 Å². The SMILES string of the molecule is Cc1cc2cc3c(cc2nc1Cl)CNCC3. The van der Waals surface area contributed by atoms with Gasteiger partial charge >= 0.3 is 0 Å². The van der Waals surface area contributed by atoms with Crippen molar-refractivity contribution >= 4 is 22.5 Å². The highest BCUT2D eigenvalue weighted by molar-refractivity contribution is 6.30. The summed E-state index contributed by atoms with van der Waals surface area (Å²) in [6, 6.07) is 6.52. The third kappa shape index (κ3) is 1.58. The Bertz CT molecular complexity index is 513. The summed E-state index contributed by atoms with van der Waals surface area (Å²) >= 11 is 6.04. The molecular formula is C13H13ClN2. The molecule has 1 aromatic carbocycles. The number of pyridine rings is 1. The van der Waals surface area contributed by atoms with E-state index in [-0.39, 0.29) is 0 Å². The fraction of sp³-hybridized carbons (Fsp3) is 0.308. The van der Waals surface area contributed by atoms with Crippen LogP contribution in [0.3, 0.4) is 0 Å². The molecule has 0 atom stereocenters. The van der Waals surface area contributed by atoms with Crippen LogP contribution in [-0.4, -0.2) is 11.5 Å². The second kappa shape index (κ2) is 3.72. The standard InChI is InChI=1S/C13H13ClN2/c1-8-4-10-5-9-2-3-15-7-11(9)6-12(10)16-13(8)14/h4-6,15H,2-3,7H2,1H3. The van der Waals surface area contributed by atoms with Gasteiger partial charge in [-0.1, -0.05) is 11.6 Å². The Kier molecular flexibility index (Phi) is 2.34. The van der Waals surface area contributed by atoms with Crippen molar-refractivity contribution in [2.45, 2.75) is 19.9 Å². The van der Waals surface area contributed by atoms with Crippen molar-refractivity contribution in [3.63, 3.8) is 0 Å². The van der Waals surface area contributed by atoms with E-state index in [0.29, 0.717) is 5.15 Å². The lowest BCUT2D eigenvalue weighted by Crippen LogP contribution is -2.23. The number of hydrogen-bond acceptors (Lipinski definition) is 2. The number of nitrogens with one attached hydrogen (secondary N) is 1. The third-order valence-corrected chi connectivity index (χ3v) is 3.53. The summed E-state index contributed by atoms with van der Waals surface area (Å²) in [6.45, 7) is 4.01. The van der Waals surface area contributed by atoms with Crippen molar-refractivity contribution in [3.05, 3.63) is 40.0 Å². The first-order valence-corrected chi connectivity index (χ1v) is 5.91. The fourth-order valence-electron chi connectivity index (χ4n) is 2.24. The molecule has 0 aliphatic carbocycles. The summed E-state index contributed by atoms with van der Waals surface area (Å²) in [7, 11) is 0. The molecule has 2 nitrogen and oxygen atoms in total. The Labute approximate surface area is 99.6 Å². The van der Waals surface area contributed by atoms with Gasteiger partial charge in [-0.3, -0.25) is 0 Å². The first kappa shape index (κ1) is 10.1. The summed E-state index contributed by atoms with van der Waals surface area (Å²) in [5.74, 6) is 0. The van der Waals surface area contributed by atoms with Gasteiger partial charge in [0.15, 0.2) is 0 Å². The molecule has 1 aliphatic rings. The molecule has 0 fully saturated rings. The second-order valence-electron chi connectivity index (χ2n) is 4.34. The van der Waals surface area contributed by atoms with E-state index in [2.05, 4.69) is 28.5 Å². The van der Waals surface area contributed by atoms with Gasteiger partial charge in [-0.15, -0.1) is 0 Å².